The fourth-order valence-electron chi connectivity index (χ4n) is 15.9. The van der Waals surface area contributed by atoms with E-state index in [1.807, 2.05) is 48.5 Å². The summed E-state index contributed by atoms with van der Waals surface area (Å²) < 4.78 is 102. The van der Waals surface area contributed by atoms with Gasteiger partial charge >= 0.3 is 0 Å². The smallest absolute Gasteiger partial charge is 0.187 e. The molecule has 3 nitrogen and oxygen atoms in total. The van der Waals surface area contributed by atoms with Crippen LogP contribution in [0.2, 0.25) is 0 Å². The Balaban J connectivity index is 0.000000131. The van der Waals surface area contributed by atoms with Crippen LogP contribution in [-0.4, -0.2) is 0 Å². The molecule has 640 valence electrons. The van der Waals surface area contributed by atoms with E-state index in [2.05, 4.69) is 363 Å². The molecule has 5 heteroatoms. The first-order valence-electron chi connectivity index (χ1n) is 49.0. The van der Waals surface area contributed by atoms with Gasteiger partial charge in [-0.25, -0.2) is 13.6 Å². The normalized spacial score (nSPS) is 12.5. The summed E-state index contributed by atoms with van der Waals surface area (Å²) in [6.45, 7) is 25.1. The minimum Gasteiger partial charge on any atom is -0.355 e. The Labute approximate surface area is 782 Å². The number of nitrogens with zero attached hydrogens (tertiary/aromatic N) is 2. The molecule has 0 atom stereocenters. The second-order valence-electron chi connectivity index (χ2n) is 35.1. The SMILES string of the molecule is CC(C)(C)c1ccc(Cc2ccc(C(C)(C)C)cc2)cc1.CC1(C)c2ccccc2-c2ccc(Cc3ccccc3)cc21.Fc1ccc(Cc2ccc(F)cc2)cc1.[2H]c1c([2H])c([2H])c(Cc2c([2H])c([2H])c([2H])c([2H])c2[2H])c([2H])c1[2H].[C-]#[N+]c1ccc(Cc2ccc(C#N)cc2)cc1.c1ccc2c(Nc3cccc4ccccc34)cccc2c1.c1ccc2cc(Cc3ccc4ccccc4c3)ccc2c1. The number of benzene rings is 19. The van der Waals surface area contributed by atoms with Crippen LogP contribution < -0.4 is 5.32 Å². The second kappa shape index (κ2) is 43.9. The standard InChI is InChI=1S/C22H20.C21H16.C21H28.C20H15N.C15H10N2.C13H10F2.C13H12/c1-22(2)20-11-7-6-10-18(20)19-13-12-17(15-21(19)22)14-16-8-4-3-5-9-16;1-3-7-20-14-16(9-11-18(20)5-1)13-17-10-12-19-6-2-4-8-21(19)15-17;1-20(2,3)18-11-7-16(8-12-18)15-17-9-13-19(14-10-17)21(4,5)6;1-3-11-17-15(7-1)9-5-13-19(17)21-20-14-6-10-16-8-2-4-12-18(16)20;1-17-15-8-6-13(7-9-15)10-12-2-4-14(11-16)5-3-12;14-12-5-1-10(2-6-12)9-11-3-7-13(15)8-4-11;1-3-7-12(8-4-1)11-13-9-5-2-6-10-13/h3-13,15H,14H2,1-2H3;1-12,14-15H,13H2;7-14H,15H2,1-6H3;1-14,21H;2-9H,10H2;1-8H,9H2;1-10H,11H2/i;;;;;;1D,2D,3D,4D,5D,6D,7D,8D,9D,10D. The molecular formula is C125H111F2N3. The molecule has 0 fully saturated rings. The van der Waals surface area contributed by atoms with Crippen LogP contribution >= 0.6 is 0 Å². The van der Waals surface area contributed by atoms with Crippen molar-refractivity contribution in [3.8, 4) is 17.2 Å². The number of rotatable bonds is 14. The van der Waals surface area contributed by atoms with E-state index in [1.54, 1.807) is 24.3 Å². The third-order valence-electron chi connectivity index (χ3n) is 23.1. The Morgan fingerprint density at radius 2 is 0.631 bits per heavy atom. The fraction of sp³-hybridized carbons (Fsp3) is 0.136. The van der Waals surface area contributed by atoms with Crippen molar-refractivity contribution in [2.24, 2.45) is 0 Å². The van der Waals surface area contributed by atoms with Crippen LogP contribution in [-0.2, 0) is 54.8 Å². The Morgan fingerprint density at radius 3 is 1.07 bits per heavy atom. The number of fused-ring (bicyclic) bond motifs is 7. The van der Waals surface area contributed by atoms with Crippen LogP contribution in [0.3, 0.4) is 0 Å². The van der Waals surface area contributed by atoms with Crippen LogP contribution in [0.25, 0.3) is 59.1 Å². The summed E-state index contributed by atoms with van der Waals surface area (Å²) in [5.74, 6) is -0.476. The molecule has 1 aliphatic rings. The van der Waals surface area contributed by atoms with Gasteiger partial charge in [0.15, 0.2) is 5.69 Å². The molecule has 130 heavy (non-hydrogen) atoms. The molecule has 0 heterocycles. The van der Waals surface area contributed by atoms with Crippen molar-refractivity contribution in [2.75, 3.05) is 5.32 Å². The van der Waals surface area contributed by atoms with E-state index in [1.165, 1.54) is 145 Å². The molecule has 0 unspecified atom stereocenters. The van der Waals surface area contributed by atoms with Gasteiger partial charge < -0.3 is 5.32 Å². The number of nitrogens with one attached hydrogen (secondary N) is 1. The highest BCUT2D eigenvalue weighted by atomic mass is 19.1. The predicted octanol–water partition coefficient (Wildman–Crippen LogP) is 33.3. The summed E-state index contributed by atoms with van der Waals surface area (Å²) in [7, 11) is 0. The first kappa shape index (κ1) is 78.3. The summed E-state index contributed by atoms with van der Waals surface area (Å²) >= 11 is 0. The molecule has 20 rings (SSSR count). The summed E-state index contributed by atoms with van der Waals surface area (Å²) in [6, 6.07) is 130. The lowest BCUT2D eigenvalue weighted by Crippen LogP contribution is -2.15. The molecule has 0 saturated carbocycles. The van der Waals surface area contributed by atoms with Gasteiger partial charge in [0.1, 0.15) is 11.6 Å². The monoisotopic (exact) mass is 1700 g/mol. The molecule has 19 aromatic rings. The van der Waals surface area contributed by atoms with Crippen molar-refractivity contribution in [3.05, 3.63) is 566 Å². The summed E-state index contributed by atoms with van der Waals surface area (Å²) in [5, 5.41) is 22.5. The van der Waals surface area contributed by atoms with Crippen LogP contribution in [0.1, 0.15) is 164 Å². The first-order chi connectivity index (χ1) is 67.3. The molecule has 0 bridgehead atoms. The van der Waals surface area contributed by atoms with E-state index in [-0.39, 0.29) is 45.4 Å². The molecule has 0 saturated heterocycles. The van der Waals surface area contributed by atoms with Gasteiger partial charge in [-0.15, -0.1) is 0 Å². The number of anilines is 2. The predicted molar refractivity (Wildman–Crippen MR) is 546 cm³/mol. The van der Waals surface area contributed by atoms with Crippen LogP contribution in [0.15, 0.2) is 449 Å². The highest BCUT2D eigenvalue weighted by molar-refractivity contribution is 6.01. The number of nitriles is 1. The number of halogens is 2. The van der Waals surface area contributed by atoms with Gasteiger partial charge in [-0.2, -0.15) is 5.26 Å². The largest absolute Gasteiger partial charge is 0.355 e. The summed E-state index contributed by atoms with van der Waals surface area (Å²) in [6.07, 6.45) is 4.17. The quantitative estimate of drug-likeness (QED) is 0.110. The number of hydrogen-bond donors (Lipinski definition) is 1. The Hall–Kier alpha value is -15.1. The Bertz CT molecular complexity index is 7190. The first-order valence-corrected chi connectivity index (χ1v) is 44.0. The highest BCUT2D eigenvalue weighted by Crippen LogP contribution is 2.49. The fourth-order valence-corrected chi connectivity index (χ4v) is 15.9. The van der Waals surface area contributed by atoms with Crippen molar-refractivity contribution in [1.29, 1.82) is 5.26 Å². The van der Waals surface area contributed by atoms with Crippen molar-refractivity contribution >= 4 is 60.2 Å². The maximum Gasteiger partial charge on any atom is 0.187 e. The zero-order chi connectivity index (χ0) is 99.4. The average Bonchev–Trinajstić information content (AvgIpc) is 1.58. The molecule has 1 aliphatic carbocycles. The molecule has 0 aliphatic heterocycles. The molecule has 0 spiro atoms. The molecular weight excluding hydrogens is 1580 g/mol. The van der Waals surface area contributed by atoms with Gasteiger partial charge in [0.25, 0.3) is 0 Å². The zero-order valence-electron chi connectivity index (χ0n) is 84.8. The van der Waals surface area contributed by atoms with Gasteiger partial charge in [0.2, 0.25) is 0 Å². The average molecular weight is 1700 g/mol. The van der Waals surface area contributed by atoms with Gasteiger partial charge in [0.05, 0.1) is 31.9 Å². The van der Waals surface area contributed by atoms with Gasteiger partial charge in [-0.1, -0.05) is 456 Å². The lowest BCUT2D eigenvalue weighted by atomic mass is 9.81. The van der Waals surface area contributed by atoms with E-state index in [4.69, 9.17) is 25.5 Å². The van der Waals surface area contributed by atoms with Crippen molar-refractivity contribution < 1.29 is 22.5 Å². The minimum absolute atomic E-state index is 0.0959. The van der Waals surface area contributed by atoms with E-state index >= 15 is 0 Å². The van der Waals surface area contributed by atoms with Crippen LogP contribution in [0.4, 0.5) is 25.8 Å². The molecule has 19 aromatic carbocycles. The van der Waals surface area contributed by atoms with E-state index in [0.717, 1.165) is 48.2 Å². The van der Waals surface area contributed by atoms with Crippen molar-refractivity contribution in [2.45, 2.75) is 110 Å². The van der Waals surface area contributed by atoms with Crippen molar-refractivity contribution in [1.82, 2.24) is 0 Å². The van der Waals surface area contributed by atoms with E-state index in [9.17, 15) is 8.78 Å². The highest BCUT2D eigenvalue weighted by Gasteiger charge is 2.35. The lowest BCUT2D eigenvalue weighted by Gasteiger charge is -2.22. The third-order valence-corrected chi connectivity index (χ3v) is 23.1. The van der Waals surface area contributed by atoms with Gasteiger partial charge in [-0.3, -0.25) is 0 Å². The number of hydrogen-bond acceptors (Lipinski definition) is 2. The topological polar surface area (TPSA) is 40.2 Å². The minimum atomic E-state index is -0.537. The molecule has 1 N–H and O–H groups in total. The Morgan fingerprint density at radius 1 is 0.308 bits per heavy atom. The molecule has 0 amide bonds. The van der Waals surface area contributed by atoms with Crippen LogP contribution in [0, 0.1) is 29.5 Å². The van der Waals surface area contributed by atoms with Crippen molar-refractivity contribution in [3.63, 3.8) is 0 Å². The zero-order valence-corrected chi connectivity index (χ0v) is 74.8. The summed E-state index contributed by atoms with van der Waals surface area (Å²) in [4.78, 5) is 3.36. The third kappa shape index (κ3) is 25.6. The molecule has 0 radical (unpaired) electrons. The van der Waals surface area contributed by atoms with E-state index in [0.29, 0.717) is 17.7 Å². The Kier molecular flexibility index (Phi) is 26.4. The van der Waals surface area contributed by atoms with Gasteiger partial charge in [-0.05, 0) is 230 Å². The second-order valence-corrected chi connectivity index (χ2v) is 35.1. The van der Waals surface area contributed by atoms with Gasteiger partial charge in [0, 0.05) is 27.6 Å². The molecule has 0 aromatic heterocycles. The van der Waals surface area contributed by atoms with Crippen LogP contribution in [0.5, 0.6) is 0 Å². The maximum absolute atomic E-state index is 12.6. The summed E-state index contributed by atoms with van der Waals surface area (Å²) in [5.41, 5.74) is 25.1. The lowest BCUT2D eigenvalue weighted by molar-refractivity contribution is 0.590. The maximum atomic E-state index is 12.6. The van der Waals surface area contributed by atoms with E-state index < -0.39 is 60.4 Å².